The molecule has 0 bridgehead atoms. The molecule has 0 saturated carbocycles. The van der Waals surface area contributed by atoms with Crippen molar-refractivity contribution in [1.29, 1.82) is 0 Å². The molecular weight excluding hydrogens is 331 g/mol. The molecule has 3 nitrogen and oxygen atoms in total. The Balaban J connectivity index is 1.77. The number of benzene rings is 2. The summed E-state index contributed by atoms with van der Waals surface area (Å²) in [4.78, 5) is 8.67. The van der Waals surface area contributed by atoms with Gasteiger partial charge in [-0.25, -0.2) is 9.97 Å². The summed E-state index contributed by atoms with van der Waals surface area (Å²) in [6, 6.07) is 17.0. The van der Waals surface area contributed by atoms with Gasteiger partial charge in [-0.15, -0.1) is 0 Å². The first kappa shape index (κ1) is 14.2. The number of oxazole rings is 1. The topological polar surface area (TPSA) is 38.9 Å². The maximum Gasteiger partial charge on any atom is 0.227 e. The number of halogens is 2. The average Bonchev–Trinajstić information content (AvgIpc) is 2.99. The van der Waals surface area contributed by atoms with Crippen LogP contribution in [0.3, 0.4) is 0 Å². The molecule has 112 valence electrons. The van der Waals surface area contributed by atoms with Crippen LogP contribution in [0.1, 0.15) is 0 Å². The van der Waals surface area contributed by atoms with Gasteiger partial charge in [0.25, 0.3) is 0 Å². The summed E-state index contributed by atoms with van der Waals surface area (Å²) in [5.74, 6) is 0.572. The van der Waals surface area contributed by atoms with E-state index in [1.807, 2.05) is 48.5 Å². The predicted molar refractivity (Wildman–Crippen MR) is 92.7 cm³/mol. The van der Waals surface area contributed by atoms with Gasteiger partial charge in [0.1, 0.15) is 10.7 Å². The summed E-state index contributed by atoms with van der Waals surface area (Å²) in [6.07, 6.45) is 1.74. The van der Waals surface area contributed by atoms with Gasteiger partial charge in [-0.1, -0.05) is 29.3 Å². The molecule has 0 aliphatic rings. The highest BCUT2D eigenvalue weighted by atomic mass is 35.5. The van der Waals surface area contributed by atoms with Gasteiger partial charge in [-0.05, 0) is 54.1 Å². The fourth-order valence-corrected chi connectivity index (χ4v) is 2.61. The zero-order chi connectivity index (χ0) is 15.8. The molecule has 2 heterocycles. The third kappa shape index (κ3) is 2.81. The molecule has 0 aliphatic carbocycles. The number of hydrogen-bond donors (Lipinski definition) is 0. The van der Waals surface area contributed by atoms with Crippen molar-refractivity contribution >= 4 is 34.3 Å². The quantitative estimate of drug-likeness (QED) is 0.428. The van der Waals surface area contributed by atoms with Crippen LogP contribution in [0.5, 0.6) is 0 Å². The third-order valence-corrected chi connectivity index (χ3v) is 4.02. The molecule has 4 aromatic rings. The summed E-state index contributed by atoms with van der Waals surface area (Å²) in [5, 5.41) is 1.16. The van der Waals surface area contributed by atoms with Crippen LogP contribution in [0.25, 0.3) is 33.7 Å². The van der Waals surface area contributed by atoms with Gasteiger partial charge in [-0.2, -0.15) is 0 Å². The van der Waals surface area contributed by atoms with Crippen LogP contribution < -0.4 is 0 Å². The molecule has 0 aliphatic heterocycles. The van der Waals surface area contributed by atoms with E-state index in [0.717, 1.165) is 27.8 Å². The number of rotatable bonds is 2. The molecule has 0 unspecified atom stereocenters. The lowest BCUT2D eigenvalue weighted by Gasteiger charge is -2.00. The van der Waals surface area contributed by atoms with Gasteiger partial charge in [0.15, 0.2) is 5.58 Å². The van der Waals surface area contributed by atoms with Crippen LogP contribution in [-0.4, -0.2) is 9.97 Å². The molecule has 23 heavy (non-hydrogen) atoms. The summed E-state index contributed by atoms with van der Waals surface area (Å²) < 4.78 is 5.81. The predicted octanol–water partition coefficient (Wildman–Crippen LogP) is 5.86. The SMILES string of the molecule is Clc1ccc(-c2nc3cc(-c4ccc(Cl)nc4)ccc3o2)cc1. The van der Waals surface area contributed by atoms with Crippen molar-refractivity contribution in [3.8, 4) is 22.6 Å². The standard InChI is InChI=1S/C18H10Cl2N2O/c19-14-5-1-11(2-6-14)18-22-15-9-12(3-7-16(15)23-18)13-4-8-17(20)21-10-13/h1-10H. The molecule has 2 aromatic heterocycles. The van der Waals surface area contributed by atoms with E-state index in [-0.39, 0.29) is 0 Å². The lowest BCUT2D eigenvalue weighted by molar-refractivity contribution is 0.620. The number of hydrogen-bond acceptors (Lipinski definition) is 3. The van der Waals surface area contributed by atoms with Crippen molar-refractivity contribution in [2.75, 3.05) is 0 Å². The Morgan fingerprint density at radius 2 is 1.52 bits per heavy atom. The number of fused-ring (bicyclic) bond motifs is 1. The molecule has 0 radical (unpaired) electrons. The van der Waals surface area contributed by atoms with E-state index in [0.29, 0.717) is 16.1 Å². The molecule has 0 amide bonds. The maximum atomic E-state index is 5.91. The zero-order valence-corrected chi connectivity index (χ0v) is 13.3. The Labute approximate surface area is 142 Å². The second-order valence-corrected chi connectivity index (χ2v) is 5.90. The summed E-state index contributed by atoms with van der Waals surface area (Å²) in [6.45, 7) is 0. The Morgan fingerprint density at radius 1 is 0.783 bits per heavy atom. The fraction of sp³-hybridized carbons (Fsp3) is 0. The van der Waals surface area contributed by atoms with Crippen LogP contribution in [-0.2, 0) is 0 Å². The highest BCUT2D eigenvalue weighted by Crippen LogP contribution is 2.29. The van der Waals surface area contributed by atoms with Gasteiger partial charge in [0.2, 0.25) is 5.89 Å². The summed E-state index contributed by atoms with van der Waals surface area (Å²) >= 11 is 11.7. The normalized spacial score (nSPS) is 11.0. The van der Waals surface area contributed by atoms with Crippen molar-refractivity contribution < 1.29 is 4.42 Å². The Bertz CT molecular complexity index is 933. The number of aromatic nitrogens is 2. The van der Waals surface area contributed by atoms with Crippen LogP contribution in [0, 0.1) is 0 Å². The molecule has 0 spiro atoms. The Kier molecular flexibility index (Phi) is 3.52. The first-order chi connectivity index (χ1) is 11.2. The molecule has 0 saturated heterocycles. The van der Waals surface area contributed by atoms with Crippen LogP contribution in [0.15, 0.2) is 65.2 Å². The average molecular weight is 341 g/mol. The molecule has 0 fully saturated rings. The molecular formula is C18H10Cl2N2O. The minimum atomic E-state index is 0.473. The lowest BCUT2D eigenvalue weighted by Crippen LogP contribution is -1.80. The molecule has 0 N–H and O–H groups in total. The van der Waals surface area contributed by atoms with Crippen LogP contribution >= 0.6 is 23.2 Å². The summed E-state index contributed by atoms with van der Waals surface area (Å²) in [7, 11) is 0. The van der Waals surface area contributed by atoms with E-state index < -0.39 is 0 Å². The van der Waals surface area contributed by atoms with Crippen molar-refractivity contribution in [2.45, 2.75) is 0 Å². The Hall–Kier alpha value is -2.36. The monoisotopic (exact) mass is 340 g/mol. The number of pyridine rings is 1. The van der Waals surface area contributed by atoms with Crippen LogP contribution in [0.4, 0.5) is 0 Å². The van der Waals surface area contributed by atoms with Crippen LogP contribution in [0.2, 0.25) is 10.2 Å². The van der Waals surface area contributed by atoms with E-state index in [2.05, 4.69) is 9.97 Å². The minimum Gasteiger partial charge on any atom is -0.436 e. The zero-order valence-electron chi connectivity index (χ0n) is 11.8. The number of nitrogens with zero attached hydrogens (tertiary/aromatic N) is 2. The van der Waals surface area contributed by atoms with Crippen molar-refractivity contribution in [3.63, 3.8) is 0 Å². The van der Waals surface area contributed by atoms with Gasteiger partial charge in [0.05, 0.1) is 0 Å². The van der Waals surface area contributed by atoms with E-state index in [9.17, 15) is 0 Å². The van der Waals surface area contributed by atoms with Crippen molar-refractivity contribution in [3.05, 3.63) is 71.0 Å². The molecule has 4 rings (SSSR count). The van der Waals surface area contributed by atoms with Gasteiger partial charge in [-0.3, -0.25) is 0 Å². The minimum absolute atomic E-state index is 0.473. The first-order valence-electron chi connectivity index (χ1n) is 6.97. The largest absolute Gasteiger partial charge is 0.436 e. The van der Waals surface area contributed by atoms with E-state index in [4.69, 9.17) is 27.6 Å². The fourth-order valence-electron chi connectivity index (χ4n) is 2.37. The van der Waals surface area contributed by atoms with Gasteiger partial charge in [0, 0.05) is 22.3 Å². The third-order valence-electron chi connectivity index (χ3n) is 3.54. The lowest BCUT2D eigenvalue weighted by atomic mass is 10.1. The van der Waals surface area contributed by atoms with E-state index >= 15 is 0 Å². The van der Waals surface area contributed by atoms with E-state index in [1.54, 1.807) is 12.3 Å². The second kappa shape index (κ2) is 5.69. The summed E-state index contributed by atoms with van der Waals surface area (Å²) in [5.41, 5.74) is 4.41. The van der Waals surface area contributed by atoms with E-state index in [1.165, 1.54) is 0 Å². The van der Waals surface area contributed by atoms with Gasteiger partial charge >= 0.3 is 0 Å². The molecule has 5 heteroatoms. The molecule has 0 atom stereocenters. The smallest absolute Gasteiger partial charge is 0.227 e. The Morgan fingerprint density at radius 3 is 2.26 bits per heavy atom. The highest BCUT2D eigenvalue weighted by Gasteiger charge is 2.09. The molecule has 2 aromatic carbocycles. The van der Waals surface area contributed by atoms with Gasteiger partial charge < -0.3 is 4.42 Å². The van der Waals surface area contributed by atoms with Crippen molar-refractivity contribution in [2.24, 2.45) is 0 Å². The first-order valence-corrected chi connectivity index (χ1v) is 7.73. The second-order valence-electron chi connectivity index (χ2n) is 5.08. The highest BCUT2D eigenvalue weighted by molar-refractivity contribution is 6.30. The van der Waals surface area contributed by atoms with Crippen molar-refractivity contribution in [1.82, 2.24) is 9.97 Å². The maximum absolute atomic E-state index is 5.91.